The molecule has 1 aromatic carbocycles. The van der Waals surface area contributed by atoms with Crippen LogP contribution in [0.1, 0.15) is 22.3 Å². The molecule has 0 saturated carbocycles. The minimum absolute atomic E-state index is 0.394. The first-order valence-electron chi connectivity index (χ1n) is 6.50. The number of aromatic nitrogens is 1. The number of pyridine rings is 1. The standard InChI is InChI=1S/C16H14BrN3O/c17-15-5-4-14(12-21)16(9-15)20(8-2-6-18)11-13-3-1-7-19-10-13/h1,3-5,7,9-10,12H,2,8,11H2. The van der Waals surface area contributed by atoms with E-state index in [0.717, 1.165) is 22.0 Å². The lowest BCUT2D eigenvalue weighted by molar-refractivity contribution is 0.112. The molecule has 4 nitrogen and oxygen atoms in total. The lowest BCUT2D eigenvalue weighted by Crippen LogP contribution is -2.25. The monoisotopic (exact) mass is 343 g/mol. The molecule has 0 spiro atoms. The molecule has 0 aliphatic carbocycles. The zero-order chi connectivity index (χ0) is 15.1. The molecule has 0 unspecified atom stereocenters. The van der Waals surface area contributed by atoms with E-state index >= 15 is 0 Å². The molecule has 1 heterocycles. The second-order valence-electron chi connectivity index (χ2n) is 4.51. The Morgan fingerprint density at radius 1 is 1.38 bits per heavy atom. The molecule has 0 aliphatic rings. The van der Waals surface area contributed by atoms with Crippen molar-refractivity contribution in [1.82, 2.24) is 4.98 Å². The summed E-state index contributed by atoms with van der Waals surface area (Å²) in [6, 6.07) is 11.5. The Bertz CT molecular complexity index is 652. The molecule has 106 valence electrons. The van der Waals surface area contributed by atoms with Crippen LogP contribution in [0.15, 0.2) is 47.2 Å². The van der Waals surface area contributed by atoms with Gasteiger partial charge >= 0.3 is 0 Å². The van der Waals surface area contributed by atoms with Crippen molar-refractivity contribution in [2.75, 3.05) is 11.4 Å². The summed E-state index contributed by atoms with van der Waals surface area (Å²) in [6.07, 6.45) is 4.74. The highest BCUT2D eigenvalue weighted by atomic mass is 79.9. The summed E-state index contributed by atoms with van der Waals surface area (Å²) in [7, 11) is 0. The van der Waals surface area contributed by atoms with Gasteiger partial charge in [-0.05, 0) is 29.8 Å². The summed E-state index contributed by atoms with van der Waals surface area (Å²) in [6.45, 7) is 1.16. The maximum absolute atomic E-state index is 11.2. The number of nitriles is 1. The van der Waals surface area contributed by atoms with E-state index in [9.17, 15) is 4.79 Å². The molecular weight excluding hydrogens is 330 g/mol. The third kappa shape index (κ3) is 4.14. The molecule has 0 amide bonds. The van der Waals surface area contributed by atoms with E-state index in [1.165, 1.54) is 0 Å². The van der Waals surface area contributed by atoms with Crippen molar-refractivity contribution >= 4 is 27.9 Å². The smallest absolute Gasteiger partial charge is 0.152 e. The molecule has 5 heteroatoms. The third-order valence-electron chi connectivity index (χ3n) is 3.05. The Morgan fingerprint density at radius 3 is 2.90 bits per heavy atom. The van der Waals surface area contributed by atoms with Crippen LogP contribution in [0.25, 0.3) is 0 Å². The van der Waals surface area contributed by atoms with Crippen molar-refractivity contribution in [2.24, 2.45) is 0 Å². The largest absolute Gasteiger partial charge is 0.366 e. The van der Waals surface area contributed by atoms with Crippen molar-refractivity contribution < 1.29 is 4.79 Å². The molecule has 1 aromatic heterocycles. The van der Waals surface area contributed by atoms with Crippen LogP contribution in [0.5, 0.6) is 0 Å². The fourth-order valence-electron chi connectivity index (χ4n) is 2.07. The van der Waals surface area contributed by atoms with Gasteiger partial charge in [-0.25, -0.2) is 0 Å². The van der Waals surface area contributed by atoms with Gasteiger partial charge in [0.1, 0.15) is 0 Å². The maximum Gasteiger partial charge on any atom is 0.152 e. The molecule has 2 aromatic rings. The lowest BCUT2D eigenvalue weighted by atomic mass is 10.1. The average Bonchev–Trinajstić information content (AvgIpc) is 2.52. The molecule has 2 rings (SSSR count). The number of aldehydes is 1. The van der Waals surface area contributed by atoms with E-state index in [1.807, 2.05) is 29.2 Å². The Kier molecular flexibility index (Phi) is 5.47. The predicted molar refractivity (Wildman–Crippen MR) is 85.0 cm³/mol. The number of hydrogen-bond acceptors (Lipinski definition) is 4. The number of nitrogens with zero attached hydrogens (tertiary/aromatic N) is 3. The van der Waals surface area contributed by atoms with Gasteiger partial charge in [-0.3, -0.25) is 9.78 Å². The van der Waals surface area contributed by atoms with Crippen LogP contribution in [0.2, 0.25) is 0 Å². The molecule has 0 N–H and O–H groups in total. The van der Waals surface area contributed by atoms with E-state index in [2.05, 4.69) is 27.0 Å². The second kappa shape index (κ2) is 7.55. The van der Waals surface area contributed by atoms with E-state index in [4.69, 9.17) is 5.26 Å². The number of benzene rings is 1. The van der Waals surface area contributed by atoms with Gasteiger partial charge < -0.3 is 4.90 Å². The number of carbonyl (C=O) groups excluding carboxylic acids is 1. The van der Waals surface area contributed by atoms with E-state index in [-0.39, 0.29) is 0 Å². The predicted octanol–water partition coefficient (Wildman–Crippen LogP) is 3.58. The van der Waals surface area contributed by atoms with Crippen molar-refractivity contribution in [1.29, 1.82) is 5.26 Å². The Balaban J connectivity index is 2.33. The summed E-state index contributed by atoms with van der Waals surface area (Å²) >= 11 is 3.43. The van der Waals surface area contributed by atoms with E-state index in [0.29, 0.717) is 25.1 Å². The van der Waals surface area contributed by atoms with Crippen LogP contribution in [0.4, 0.5) is 5.69 Å². The maximum atomic E-state index is 11.2. The van der Waals surface area contributed by atoms with Gasteiger partial charge in [0.15, 0.2) is 6.29 Å². The van der Waals surface area contributed by atoms with Gasteiger partial charge in [0.25, 0.3) is 0 Å². The van der Waals surface area contributed by atoms with Crippen molar-refractivity contribution in [2.45, 2.75) is 13.0 Å². The Morgan fingerprint density at radius 2 is 2.24 bits per heavy atom. The highest BCUT2D eigenvalue weighted by Crippen LogP contribution is 2.25. The van der Waals surface area contributed by atoms with Crippen LogP contribution in [0, 0.1) is 11.3 Å². The van der Waals surface area contributed by atoms with Crippen LogP contribution < -0.4 is 4.90 Å². The van der Waals surface area contributed by atoms with Crippen LogP contribution in [-0.2, 0) is 6.54 Å². The highest BCUT2D eigenvalue weighted by molar-refractivity contribution is 9.10. The summed E-state index contributed by atoms with van der Waals surface area (Å²) in [5.41, 5.74) is 2.46. The van der Waals surface area contributed by atoms with E-state index in [1.54, 1.807) is 18.5 Å². The number of carbonyl (C=O) groups is 1. The fraction of sp³-hybridized carbons (Fsp3) is 0.188. The third-order valence-corrected chi connectivity index (χ3v) is 3.54. The molecule has 0 saturated heterocycles. The van der Waals surface area contributed by atoms with Gasteiger partial charge in [0.05, 0.1) is 12.5 Å². The topological polar surface area (TPSA) is 57.0 Å². The normalized spacial score (nSPS) is 9.90. The number of halogens is 1. The molecule has 0 bridgehead atoms. The van der Waals surface area contributed by atoms with Crippen molar-refractivity contribution in [3.05, 3.63) is 58.3 Å². The lowest BCUT2D eigenvalue weighted by Gasteiger charge is -2.25. The minimum Gasteiger partial charge on any atom is -0.366 e. The molecule has 0 radical (unpaired) electrons. The number of rotatable bonds is 6. The SMILES string of the molecule is N#CCCN(Cc1cccnc1)c1cc(Br)ccc1C=O. The zero-order valence-corrected chi connectivity index (χ0v) is 13.0. The van der Waals surface area contributed by atoms with Crippen LogP contribution in [-0.4, -0.2) is 17.8 Å². The summed E-state index contributed by atoms with van der Waals surface area (Å²) < 4.78 is 0.899. The van der Waals surface area contributed by atoms with Gasteiger partial charge in [-0.1, -0.05) is 22.0 Å². The summed E-state index contributed by atoms with van der Waals surface area (Å²) in [5, 5.41) is 8.84. The molecular formula is C16H14BrN3O. The van der Waals surface area contributed by atoms with Gasteiger partial charge in [0, 0.05) is 41.2 Å². The van der Waals surface area contributed by atoms with Crippen LogP contribution in [0.3, 0.4) is 0 Å². The van der Waals surface area contributed by atoms with Gasteiger partial charge in [-0.2, -0.15) is 5.26 Å². The van der Waals surface area contributed by atoms with E-state index < -0.39 is 0 Å². The van der Waals surface area contributed by atoms with Gasteiger partial charge in [0.2, 0.25) is 0 Å². The first kappa shape index (κ1) is 15.2. The molecule has 0 fully saturated rings. The molecule has 0 aliphatic heterocycles. The quantitative estimate of drug-likeness (QED) is 0.752. The highest BCUT2D eigenvalue weighted by Gasteiger charge is 2.12. The van der Waals surface area contributed by atoms with Crippen molar-refractivity contribution in [3.8, 4) is 6.07 Å². The zero-order valence-electron chi connectivity index (χ0n) is 11.4. The number of hydrogen-bond donors (Lipinski definition) is 0. The summed E-state index contributed by atoms with van der Waals surface area (Å²) in [4.78, 5) is 17.4. The van der Waals surface area contributed by atoms with Crippen LogP contribution >= 0.6 is 15.9 Å². The Hall–Kier alpha value is -2.19. The minimum atomic E-state index is 0.394. The fourth-order valence-corrected chi connectivity index (χ4v) is 2.42. The first-order chi connectivity index (χ1) is 10.2. The number of anilines is 1. The first-order valence-corrected chi connectivity index (χ1v) is 7.29. The Labute approximate surface area is 132 Å². The van der Waals surface area contributed by atoms with Gasteiger partial charge in [-0.15, -0.1) is 0 Å². The summed E-state index contributed by atoms with van der Waals surface area (Å²) in [5.74, 6) is 0. The second-order valence-corrected chi connectivity index (χ2v) is 5.43. The average molecular weight is 344 g/mol. The van der Waals surface area contributed by atoms with Crippen molar-refractivity contribution in [3.63, 3.8) is 0 Å². The molecule has 0 atom stereocenters. The molecule has 21 heavy (non-hydrogen) atoms.